The van der Waals surface area contributed by atoms with Gasteiger partial charge < -0.3 is 5.73 Å². The Kier molecular flexibility index (Phi) is 5.70. The van der Waals surface area contributed by atoms with Crippen LogP contribution in [0.25, 0.3) is 0 Å². The van der Waals surface area contributed by atoms with Crippen LogP contribution in [0.2, 0.25) is 0 Å². The Balaban J connectivity index is 0.000000461. The van der Waals surface area contributed by atoms with Gasteiger partial charge in [-0.3, -0.25) is 4.79 Å². The van der Waals surface area contributed by atoms with E-state index in [1.165, 1.54) is 7.05 Å². The maximum atomic E-state index is 10.2. The molecule has 0 bridgehead atoms. The van der Waals surface area contributed by atoms with E-state index in [2.05, 4.69) is 21.7 Å². The lowest BCUT2D eigenvalue weighted by Crippen LogP contribution is -1.78. The molecule has 0 fully saturated rings. The lowest BCUT2D eigenvalue weighted by Gasteiger charge is -1.90. The van der Waals surface area contributed by atoms with Gasteiger partial charge in [0.15, 0.2) is 6.29 Å². The molecule has 0 amide bonds. The summed E-state index contributed by atoms with van der Waals surface area (Å²) in [5.41, 5.74) is 5.19. The highest BCUT2D eigenvalue weighted by molar-refractivity contribution is 9.10. The molecule has 60 valence electrons. The second kappa shape index (κ2) is 6.07. The highest BCUT2D eigenvalue weighted by atomic mass is 79.9. The SMILES string of the molecule is CN.O=Cc1ccccc1Br. The van der Waals surface area contributed by atoms with Crippen LogP contribution in [-0.2, 0) is 0 Å². The molecule has 1 rings (SSSR count). The maximum Gasteiger partial charge on any atom is 0.151 e. The standard InChI is InChI=1S/C7H5BrO.CH5N/c8-7-4-2-1-3-6(7)5-9;1-2/h1-5H;2H2,1H3. The number of carbonyl (C=O) groups excluding carboxylic acids is 1. The molecule has 1 aromatic rings. The zero-order valence-electron chi connectivity index (χ0n) is 6.25. The van der Waals surface area contributed by atoms with Gasteiger partial charge in [-0.15, -0.1) is 0 Å². The van der Waals surface area contributed by atoms with Crippen LogP contribution in [-0.4, -0.2) is 13.3 Å². The van der Waals surface area contributed by atoms with Crippen LogP contribution in [0.5, 0.6) is 0 Å². The van der Waals surface area contributed by atoms with Crippen molar-refractivity contribution in [2.75, 3.05) is 7.05 Å². The van der Waals surface area contributed by atoms with Crippen LogP contribution in [0.4, 0.5) is 0 Å². The summed E-state index contributed by atoms with van der Waals surface area (Å²) >= 11 is 3.23. The van der Waals surface area contributed by atoms with Gasteiger partial charge in [0.2, 0.25) is 0 Å². The average molecular weight is 216 g/mol. The van der Waals surface area contributed by atoms with Crippen LogP contribution in [0.15, 0.2) is 28.7 Å². The van der Waals surface area contributed by atoms with Crippen LogP contribution in [0.1, 0.15) is 10.4 Å². The quantitative estimate of drug-likeness (QED) is 0.727. The van der Waals surface area contributed by atoms with E-state index in [-0.39, 0.29) is 0 Å². The number of hydrogen-bond acceptors (Lipinski definition) is 2. The normalized spacial score (nSPS) is 7.91. The van der Waals surface area contributed by atoms with Crippen molar-refractivity contribution in [3.05, 3.63) is 34.3 Å². The third-order valence-corrected chi connectivity index (χ3v) is 1.75. The summed E-state index contributed by atoms with van der Waals surface area (Å²) in [6.07, 6.45) is 0.823. The van der Waals surface area contributed by atoms with E-state index in [0.29, 0.717) is 5.56 Å². The number of rotatable bonds is 1. The fourth-order valence-corrected chi connectivity index (χ4v) is 0.949. The second-order valence-corrected chi connectivity index (χ2v) is 2.49. The molecule has 0 aliphatic heterocycles. The molecule has 0 aliphatic rings. The first-order valence-electron chi connectivity index (χ1n) is 3.12. The van der Waals surface area contributed by atoms with Crippen molar-refractivity contribution in [3.8, 4) is 0 Å². The van der Waals surface area contributed by atoms with Gasteiger partial charge in [-0.2, -0.15) is 0 Å². The Morgan fingerprint density at radius 3 is 2.27 bits per heavy atom. The number of halogens is 1. The first-order chi connectivity index (χ1) is 5.34. The third kappa shape index (κ3) is 3.30. The summed E-state index contributed by atoms with van der Waals surface area (Å²) in [5.74, 6) is 0. The summed E-state index contributed by atoms with van der Waals surface area (Å²) in [5, 5.41) is 0. The number of carbonyl (C=O) groups is 1. The zero-order valence-corrected chi connectivity index (χ0v) is 7.84. The largest absolute Gasteiger partial charge is 0.333 e. The van der Waals surface area contributed by atoms with Crippen molar-refractivity contribution in [1.29, 1.82) is 0 Å². The first-order valence-corrected chi connectivity index (χ1v) is 3.91. The van der Waals surface area contributed by atoms with Crippen molar-refractivity contribution in [2.45, 2.75) is 0 Å². The molecular weight excluding hydrogens is 206 g/mol. The van der Waals surface area contributed by atoms with Gasteiger partial charge in [0, 0.05) is 10.0 Å². The first kappa shape index (κ1) is 10.3. The molecule has 0 heterocycles. The van der Waals surface area contributed by atoms with Crippen LogP contribution in [0.3, 0.4) is 0 Å². The molecule has 0 saturated heterocycles. The Bertz CT molecular complexity index is 225. The Morgan fingerprint density at radius 2 is 1.91 bits per heavy atom. The van der Waals surface area contributed by atoms with Gasteiger partial charge in [0.05, 0.1) is 0 Å². The van der Waals surface area contributed by atoms with Gasteiger partial charge in [0.25, 0.3) is 0 Å². The number of benzene rings is 1. The van der Waals surface area contributed by atoms with E-state index < -0.39 is 0 Å². The molecule has 2 nitrogen and oxygen atoms in total. The van der Waals surface area contributed by atoms with Gasteiger partial charge in [-0.1, -0.05) is 34.1 Å². The number of nitrogens with two attached hydrogens (primary N) is 1. The molecule has 2 N–H and O–H groups in total. The van der Waals surface area contributed by atoms with Crippen LogP contribution >= 0.6 is 15.9 Å². The lowest BCUT2D eigenvalue weighted by atomic mass is 10.2. The predicted octanol–water partition coefficient (Wildman–Crippen LogP) is 1.84. The van der Waals surface area contributed by atoms with Gasteiger partial charge in [-0.05, 0) is 13.1 Å². The molecular formula is C8H10BrNO. The Morgan fingerprint density at radius 1 is 1.36 bits per heavy atom. The molecule has 0 radical (unpaired) electrons. The Labute approximate surface area is 74.5 Å². The topological polar surface area (TPSA) is 43.1 Å². The molecule has 11 heavy (non-hydrogen) atoms. The van der Waals surface area contributed by atoms with Crippen LogP contribution in [0, 0.1) is 0 Å². The van der Waals surface area contributed by atoms with Crippen LogP contribution < -0.4 is 5.73 Å². The summed E-state index contributed by atoms with van der Waals surface area (Å²) in [7, 11) is 1.50. The summed E-state index contributed by atoms with van der Waals surface area (Å²) in [6.45, 7) is 0. The minimum absolute atomic E-state index is 0.692. The summed E-state index contributed by atoms with van der Waals surface area (Å²) in [6, 6.07) is 7.30. The van der Waals surface area contributed by atoms with Crippen molar-refractivity contribution in [1.82, 2.24) is 0 Å². The average Bonchev–Trinajstić information content (AvgIpc) is 2.09. The highest BCUT2D eigenvalue weighted by Gasteiger charge is 1.92. The zero-order chi connectivity index (χ0) is 8.69. The second-order valence-electron chi connectivity index (χ2n) is 1.64. The molecule has 0 spiro atoms. The van der Waals surface area contributed by atoms with Crippen molar-refractivity contribution in [2.24, 2.45) is 5.73 Å². The molecule has 1 aromatic carbocycles. The van der Waals surface area contributed by atoms with Gasteiger partial charge >= 0.3 is 0 Å². The molecule has 3 heteroatoms. The minimum atomic E-state index is 0.692. The van der Waals surface area contributed by atoms with E-state index in [9.17, 15) is 4.79 Å². The maximum absolute atomic E-state index is 10.2. The summed E-state index contributed by atoms with van der Waals surface area (Å²) < 4.78 is 0.847. The van der Waals surface area contributed by atoms with Crippen molar-refractivity contribution in [3.63, 3.8) is 0 Å². The fourth-order valence-electron chi connectivity index (χ4n) is 0.571. The van der Waals surface area contributed by atoms with Crippen molar-refractivity contribution < 1.29 is 4.79 Å². The Hall–Kier alpha value is -0.670. The monoisotopic (exact) mass is 215 g/mol. The van der Waals surface area contributed by atoms with Gasteiger partial charge in [-0.25, -0.2) is 0 Å². The lowest BCUT2D eigenvalue weighted by molar-refractivity contribution is 0.112. The molecule has 0 saturated carbocycles. The van der Waals surface area contributed by atoms with E-state index >= 15 is 0 Å². The minimum Gasteiger partial charge on any atom is -0.333 e. The smallest absolute Gasteiger partial charge is 0.151 e. The molecule has 0 aliphatic carbocycles. The number of hydrogen-bond donors (Lipinski definition) is 1. The van der Waals surface area contributed by atoms with E-state index in [1.807, 2.05) is 18.2 Å². The van der Waals surface area contributed by atoms with E-state index in [0.717, 1.165) is 10.8 Å². The molecule has 0 aromatic heterocycles. The fraction of sp³-hybridized carbons (Fsp3) is 0.125. The van der Waals surface area contributed by atoms with E-state index in [4.69, 9.17) is 0 Å². The molecule has 0 atom stereocenters. The van der Waals surface area contributed by atoms with Crippen molar-refractivity contribution >= 4 is 22.2 Å². The van der Waals surface area contributed by atoms with Gasteiger partial charge in [0.1, 0.15) is 0 Å². The number of aldehydes is 1. The predicted molar refractivity (Wildman–Crippen MR) is 49.6 cm³/mol. The third-order valence-electron chi connectivity index (χ3n) is 1.03. The highest BCUT2D eigenvalue weighted by Crippen LogP contribution is 2.12. The molecule has 0 unspecified atom stereocenters. The summed E-state index contributed by atoms with van der Waals surface area (Å²) in [4.78, 5) is 10.2. The van der Waals surface area contributed by atoms with E-state index in [1.54, 1.807) is 6.07 Å².